The van der Waals surface area contributed by atoms with Crippen LogP contribution in [0.3, 0.4) is 0 Å². The first kappa shape index (κ1) is 10.3. The molecule has 0 aliphatic rings. The molecule has 0 bridgehead atoms. The van der Waals surface area contributed by atoms with Gasteiger partial charge in [0.05, 0.1) is 12.6 Å². The van der Waals surface area contributed by atoms with Crippen LogP contribution < -0.4 is 4.74 Å². The zero-order valence-electron chi connectivity index (χ0n) is 8.06. The zero-order chi connectivity index (χ0) is 10.2. The SMILES string of the molecule is COc1c(Cl)nn(C(C)(C)C)c1F. The molecule has 0 saturated carbocycles. The van der Waals surface area contributed by atoms with Gasteiger partial charge in [-0.3, -0.25) is 0 Å². The van der Waals surface area contributed by atoms with Crippen molar-refractivity contribution in [3.63, 3.8) is 0 Å². The molecular formula is C8H12ClFN2O. The van der Waals surface area contributed by atoms with Gasteiger partial charge in [0.25, 0.3) is 5.95 Å². The molecule has 74 valence electrons. The van der Waals surface area contributed by atoms with E-state index in [1.165, 1.54) is 11.8 Å². The van der Waals surface area contributed by atoms with Crippen molar-refractivity contribution in [2.75, 3.05) is 7.11 Å². The second-order valence-corrected chi connectivity index (χ2v) is 4.06. The Morgan fingerprint density at radius 3 is 2.23 bits per heavy atom. The second kappa shape index (κ2) is 3.18. The second-order valence-electron chi connectivity index (χ2n) is 3.70. The Morgan fingerprint density at radius 1 is 1.46 bits per heavy atom. The minimum atomic E-state index is -0.542. The van der Waals surface area contributed by atoms with Gasteiger partial charge in [-0.15, -0.1) is 0 Å². The van der Waals surface area contributed by atoms with Crippen molar-refractivity contribution in [3.05, 3.63) is 11.1 Å². The van der Waals surface area contributed by atoms with Gasteiger partial charge >= 0.3 is 0 Å². The predicted octanol–water partition coefficient (Wildman–Crippen LogP) is 2.44. The molecule has 0 radical (unpaired) electrons. The Morgan fingerprint density at radius 2 is 2.00 bits per heavy atom. The molecule has 0 aliphatic heterocycles. The Hall–Kier alpha value is -0.770. The molecule has 0 N–H and O–H groups in total. The van der Waals surface area contributed by atoms with E-state index in [0.29, 0.717) is 0 Å². The van der Waals surface area contributed by atoms with Crippen LogP contribution in [0, 0.1) is 5.95 Å². The van der Waals surface area contributed by atoms with Crippen LogP contribution >= 0.6 is 11.6 Å². The van der Waals surface area contributed by atoms with E-state index >= 15 is 0 Å². The smallest absolute Gasteiger partial charge is 0.256 e. The van der Waals surface area contributed by atoms with E-state index in [0.717, 1.165) is 0 Å². The molecule has 0 saturated heterocycles. The molecule has 13 heavy (non-hydrogen) atoms. The van der Waals surface area contributed by atoms with Crippen LogP contribution in [0.4, 0.5) is 4.39 Å². The monoisotopic (exact) mass is 206 g/mol. The normalized spacial score (nSPS) is 11.8. The third-order valence-corrected chi connectivity index (χ3v) is 1.84. The molecule has 0 fully saturated rings. The minimum absolute atomic E-state index is 0.00316. The third kappa shape index (κ3) is 1.77. The van der Waals surface area contributed by atoms with E-state index in [1.807, 2.05) is 20.8 Å². The van der Waals surface area contributed by atoms with Gasteiger partial charge in [0.2, 0.25) is 5.75 Å². The minimum Gasteiger partial charge on any atom is -0.490 e. The van der Waals surface area contributed by atoms with Crippen molar-refractivity contribution in [1.29, 1.82) is 0 Å². The van der Waals surface area contributed by atoms with E-state index in [-0.39, 0.29) is 10.9 Å². The largest absolute Gasteiger partial charge is 0.490 e. The fourth-order valence-electron chi connectivity index (χ4n) is 0.971. The van der Waals surface area contributed by atoms with Crippen LogP contribution in [-0.2, 0) is 5.54 Å². The molecule has 0 atom stereocenters. The van der Waals surface area contributed by atoms with Crippen molar-refractivity contribution in [2.24, 2.45) is 0 Å². The molecule has 1 aromatic rings. The number of rotatable bonds is 1. The number of nitrogens with zero attached hydrogens (tertiary/aromatic N) is 2. The summed E-state index contributed by atoms with van der Waals surface area (Å²) in [6.45, 7) is 5.50. The Labute approximate surface area is 81.4 Å². The first-order valence-electron chi connectivity index (χ1n) is 3.86. The maximum atomic E-state index is 13.5. The first-order valence-corrected chi connectivity index (χ1v) is 4.24. The van der Waals surface area contributed by atoms with E-state index in [2.05, 4.69) is 5.10 Å². The lowest BCUT2D eigenvalue weighted by molar-refractivity contribution is 0.286. The van der Waals surface area contributed by atoms with Crippen LogP contribution in [0.2, 0.25) is 5.15 Å². The summed E-state index contributed by atoms with van der Waals surface area (Å²) in [7, 11) is 1.36. The summed E-state index contributed by atoms with van der Waals surface area (Å²) >= 11 is 5.66. The average Bonchev–Trinajstić information content (AvgIpc) is 2.25. The quantitative estimate of drug-likeness (QED) is 0.706. The Bertz CT molecular complexity index is 317. The summed E-state index contributed by atoms with van der Waals surface area (Å²) in [5.74, 6) is -0.545. The van der Waals surface area contributed by atoms with Gasteiger partial charge in [-0.25, -0.2) is 4.68 Å². The van der Waals surface area contributed by atoms with E-state index in [9.17, 15) is 4.39 Å². The van der Waals surface area contributed by atoms with Gasteiger partial charge < -0.3 is 4.74 Å². The molecule has 1 rings (SSSR count). The van der Waals surface area contributed by atoms with Crippen LogP contribution in [0.15, 0.2) is 0 Å². The molecule has 0 unspecified atom stereocenters. The predicted molar refractivity (Wildman–Crippen MR) is 48.7 cm³/mol. The number of hydrogen-bond donors (Lipinski definition) is 0. The summed E-state index contributed by atoms with van der Waals surface area (Å²) < 4.78 is 19.4. The van der Waals surface area contributed by atoms with Crippen molar-refractivity contribution >= 4 is 11.6 Å². The maximum absolute atomic E-state index is 13.5. The van der Waals surface area contributed by atoms with Gasteiger partial charge in [-0.2, -0.15) is 9.49 Å². The van der Waals surface area contributed by atoms with Gasteiger partial charge in [-0.05, 0) is 20.8 Å². The summed E-state index contributed by atoms with van der Waals surface area (Å²) in [5, 5.41) is 3.89. The van der Waals surface area contributed by atoms with Crippen LogP contribution in [0.1, 0.15) is 20.8 Å². The molecule has 0 aromatic carbocycles. The average molecular weight is 207 g/mol. The highest BCUT2D eigenvalue weighted by molar-refractivity contribution is 6.30. The highest BCUT2D eigenvalue weighted by atomic mass is 35.5. The lowest BCUT2D eigenvalue weighted by atomic mass is 10.1. The molecular weight excluding hydrogens is 195 g/mol. The number of methoxy groups -OCH3 is 1. The van der Waals surface area contributed by atoms with E-state index in [1.54, 1.807) is 0 Å². The molecule has 0 aliphatic carbocycles. The number of halogens is 2. The first-order chi connectivity index (χ1) is 5.88. The molecule has 1 heterocycles. The molecule has 0 amide bonds. The lowest BCUT2D eigenvalue weighted by Crippen LogP contribution is -2.24. The molecule has 3 nitrogen and oxygen atoms in total. The highest BCUT2D eigenvalue weighted by Crippen LogP contribution is 2.29. The van der Waals surface area contributed by atoms with Gasteiger partial charge in [-0.1, -0.05) is 11.6 Å². The van der Waals surface area contributed by atoms with Crippen molar-refractivity contribution in [2.45, 2.75) is 26.3 Å². The third-order valence-electron chi connectivity index (χ3n) is 1.59. The topological polar surface area (TPSA) is 27.1 Å². The molecule has 0 spiro atoms. The fraction of sp³-hybridized carbons (Fsp3) is 0.625. The van der Waals surface area contributed by atoms with Crippen LogP contribution in [0.5, 0.6) is 5.75 Å². The maximum Gasteiger partial charge on any atom is 0.256 e. The van der Waals surface area contributed by atoms with Crippen molar-refractivity contribution < 1.29 is 9.13 Å². The van der Waals surface area contributed by atoms with Gasteiger partial charge in [0, 0.05) is 0 Å². The van der Waals surface area contributed by atoms with Crippen LogP contribution in [0.25, 0.3) is 0 Å². The number of aromatic nitrogens is 2. The summed E-state index contributed by atoms with van der Waals surface area (Å²) in [5.41, 5.74) is -0.440. The summed E-state index contributed by atoms with van der Waals surface area (Å²) in [6, 6.07) is 0. The zero-order valence-corrected chi connectivity index (χ0v) is 8.81. The molecule has 5 heteroatoms. The number of hydrogen-bond acceptors (Lipinski definition) is 2. The van der Waals surface area contributed by atoms with E-state index < -0.39 is 11.5 Å². The van der Waals surface area contributed by atoms with Crippen LogP contribution in [-0.4, -0.2) is 16.9 Å². The van der Waals surface area contributed by atoms with Gasteiger partial charge in [0.15, 0.2) is 5.15 Å². The lowest BCUT2D eigenvalue weighted by Gasteiger charge is -2.18. The van der Waals surface area contributed by atoms with Crippen molar-refractivity contribution in [1.82, 2.24) is 9.78 Å². The van der Waals surface area contributed by atoms with Gasteiger partial charge in [0.1, 0.15) is 0 Å². The standard InChI is InChI=1S/C8H12ClFN2O/c1-8(2,3)12-7(10)5(13-4)6(9)11-12/h1-4H3. The fourth-order valence-corrected chi connectivity index (χ4v) is 1.20. The number of ether oxygens (including phenoxy) is 1. The van der Waals surface area contributed by atoms with Crippen molar-refractivity contribution in [3.8, 4) is 5.75 Å². The summed E-state index contributed by atoms with van der Waals surface area (Å²) in [4.78, 5) is 0. The van der Waals surface area contributed by atoms with E-state index in [4.69, 9.17) is 16.3 Å². The highest BCUT2D eigenvalue weighted by Gasteiger charge is 2.24. The molecule has 1 aromatic heterocycles. The Kier molecular flexibility index (Phi) is 2.52. The summed E-state index contributed by atoms with van der Waals surface area (Å²) in [6.07, 6.45) is 0. The Balaban J connectivity index is 3.26.